The highest BCUT2D eigenvalue weighted by atomic mass is 16.1. The number of hydrogen-bond acceptors (Lipinski definition) is 4. The second kappa shape index (κ2) is 3.96. The zero-order chi connectivity index (χ0) is 9.97. The van der Waals surface area contributed by atoms with E-state index >= 15 is 0 Å². The van der Waals surface area contributed by atoms with Crippen molar-refractivity contribution in [3.63, 3.8) is 0 Å². The maximum atomic E-state index is 10.9. The molecule has 78 valence electrons. The van der Waals surface area contributed by atoms with E-state index in [-0.39, 0.29) is 11.9 Å². The van der Waals surface area contributed by atoms with Gasteiger partial charge in [-0.25, -0.2) is 5.01 Å². The van der Waals surface area contributed by atoms with Crippen LogP contribution in [0.2, 0.25) is 0 Å². The van der Waals surface area contributed by atoms with Crippen LogP contribution in [0.4, 0.5) is 0 Å². The van der Waals surface area contributed by atoms with Gasteiger partial charge >= 0.3 is 0 Å². The van der Waals surface area contributed by atoms with Gasteiger partial charge in [0.05, 0.1) is 6.54 Å². The maximum absolute atomic E-state index is 10.9. The number of piperidine rings is 1. The summed E-state index contributed by atoms with van der Waals surface area (Å²) in [7, 11) is 0. The molecule has 0 aliphatic carbocycles. The van der Waals surface area contributed by atoms with Crippen LogP contribution >= 0.6 is 0 Å². The smallest absolute Gasteiger partial charge is 0.244 e. The number of hydrogen-bond donors (Lipinski definition) is 1. The largest absolute Gasteiger partial charge is 0.368 e. The number of nitrogens with zero attached hydrogens (tertiary/aromatic N) is 3. The Balaban J connectivity index is 1.89. The first-order chi connectivity index (χ1) is 6.77. The van der Waals surface area contributed by atoms with E-state index in [2.05, 4.69) is 10.0 Å². The van der Waals surface area contributed by atoms with Crippen molar-refractivity contribution >= 4 is 12.2 Å². The van der Waals surface area contributed by atoms with Crippen LogP contribution in [0.3, 0.4) is 0 Å². The van der Waals surface area contributed by atoms with Crippen LogP contribution in [0.5, 0.6) is 0 Å². The topological polar surface area (TPSA) is 61.9 Å². The lowest BCUT2D eigenvalue weighted by molar-refractivity contribution is -0.119. The van der Waals surface area contributed by atoms with Crippen LogP contribution in [-0.4, -0.2) is 47.9 Å². The zero-order valence-corrected chi connectivity index (χ0v) is 8.22. The highest BCUT2D eigenvalue weighted by Gasteiger charge is 2.26. The molecule has 14 heavy (non-hydrogen) atoms. The van der Waals surface area contributed by atoms with Gasteiger partial charge in [0, 0.05) is 13.1 Å². The van der Waals surface area contributed by atoms with Crippen LogP contribution in [0.15, 0.2) is 4.99 Å². The van der Waals surface area contributed by atoms with Gasteiger partial charge in [-0.05, 0) is 12.8 Å². The van der Waals surface area contributed by atoms with Crippen LogP contribution < -0.4 is 5.73 Å². The number of nitrogens with two attached hydrogens (primary N) is 1. The monoisotopic (exact) mass is 196 g/mol. The number of aliphatic imine (C=N–C) groups is 1. The molecule has 5 nitrogen and oxygen atoms in total. The van der Waals surface area contributed by atoms with Crippen molar-refractivity contribution in [1.82, 2.24) is 10.0 Å². The van der Waals surface area contributed by atoms with E-state index < -0.39 is 0 Å². The van der Waals surface area contributed by atoms with Gasteiger partial charge in [0.2, 0.25) is 5.91 Å². The van der Waals surface area contributed by atoms with E-state index in [9.17, 15) is 4.79 Å². The number of carbonyl (C=O) groups excluding carboxylic acids is 1. The number of rotatable bonds is 2. The van der Waals surface area contributed by atoms with Crippen molar-refractivity contribution < 1.29 is 4.79 Å². The Bertz CT molecular complexity index is 247. The summed E-state index contributed by atoms with van der Waals surface area (Å²) in [4.78, 5) is 15.0. The third kappa shape index (κ3) is 1.87. The summed E-state index contributed by atoms with van der Waals surface area (Å²) in [6.07, 6.45) is 5.50. The average Bonchev–Trinajstić information content (AvgIpc) is 2.68. The van der Waals surface area contributed by atoms with Crippen molar-refractivity contribution in [3.05, 3.63) is 0 Å². The molecular weight excluding hydrogens is 180 g/mol. The Morgan fingerprint density at radius 2 is 2.07 bits per heavy atom. The van der Waals surface area contributed by atoms with Gasteiger partial charge in [0.15, 0.2) is 0 Å². The third-order valence-electron chi connectivity index (χ3n) is 2.76. The molecule has 0 aromatic carbocycles. The zero-order valence-electron chi connectivity index (χ0n) is 8.22. The molecule has 5 heteroatoms. The lowest BCUT2D eigenvalue weighted by Crippen LogP contribution is -2.46. The normalized spacial score (nSPS) is 28.3. The molecule has 2 aliphatic heterocycles. The fourth-order valence-corrected chi connectivity index (χ4v) is 1.91. The summed E-state index contributed by atoms with van der Waals surface area (Å²) in [5.41, 5.74) is 5.19. The van der Waals surface area contributed by atoms with E-state index in [4.69, 9.17) is 5.73 Å². The summed E-state index contributed by atoms with van der Waals surface area (Å²) in [6.45, 7) is 2.75. The Labute approximate surface area is 83.5 Å². The highest BCUT2D eigenvalue weighted by molar-refractivity contribution is 5.83. The Morgan fingerprint density at radius 3 is 2.64 bits per heavy atom. The van der Waals surface area contributed by atoms with Crippen LogP contribution in [-0.2, 0) is 4.79 Å². The van der Waals surface area contributed by atoms with Gasteiger partial charge in [-0.2, -0.15) is 0 Å². The van der Waals surface area contributed by atoms with E-state index in [1.165, 1.54) is 19.3 Å². The van der Waals surface area contributed by atoms with E-state index in [0.717, 1.165) is 13.1 Å². The van der Waals surface area contributed by atoms with E-state index in [1.54, 1.807) is 6.34 Å². The van der Waals surface area contributed by atoms with Gasteiger partial charge in [-0.15, -0.1) is 0 Å². The molecule has 2 aliphatic rings. The minimum atomic E-state index is -0.350. The standard InChI is InChI=1S/C9H16N4O/c10-9(14)8-6-13(7-11-8)12-4-2-1-3-5-12/h7-8H,1-6H2,(H2,10,14). The Kier molecular flexibility index (Phi) is 2.67. The fraction of sp³-hybridized carbons (Fsp3) is 0.778. The maximum Gasteiger partial charge on any atom is 0.244 e. The van der Waals surface area contributed by atoms with Crippen molar-refractivity contribution in [2.45, 2.75) is 25.3 Å². The average molecular weight is 196 g/mol. The van der Waals surface area contributed by atoms with Crippen LogP contribution in [0.25, 0.3) is 0 Å². The minimum Gasteiger partial charge on any atom is -0.368 e. The van der Waals surface area contributed by atoms with Crippen molar-refractivity contribution in [2.75, 3.05) is 19.6 Å². The molecule has 1 atom stereocenters. The summed E-state index contributed by atoms with van der Waals surface area (Å²) >= 11 is 0. The second-order valence-corrected chi connectivity index (χ2v) is 3.82. The molecule has 0 radical (unpaired) electrons. The summed E-state index contributed by atoms with van der Waals surface area (Å²) in [5.74, 6) is -0.333. The van der Waals surface area contributed by atoms with E-state index in [1.807, 2.05) is 5.01 Å². The Hall–Kier alpha value is -1.10. The molecule has 0 aromatic heterocycles. The van der Waals surface area contributed by atoms with Gasteiger partial charge in [0.1, 0.15) is 12.4 Å². The second-order valence-electron chi connectivity index (χ2n) is 3.82. The van der Waals surface area contributed by atoms with Crippen LogP contribution in [0.1, 0.15) is 19.3 Å². The lowest BCUT2D eigenvalue weighted by Gasteiger charge is -2.34. The first kappa shape index (κ1) is 9.45. The number of hydrazine groups is 1. The third-order valence-corrected chi connectivity index (χ3v) is 2.76. The predicted octanol–water partition coefficient (Wildman–Crippen LogP) is -0.415. The predicted molar refractivity (Wildman–Crippen MR) is 53.6 cm³/mol. The molecule has 1 unspecified atom stereocenters. The van der Waals surface area contributed by atoms with Crippen molar-refractivity contribution in [1.29, 1.82) is 0 Å². The highest BCUT2D eigenvalue weighted by Crippen LogP contribution is 2.14. The number of carbonyl (C=O) groups is 1. The van der Waals surface area contributed by atoms with E-state index in [0.29, 0.717) is 6.54 Å². The summed E-state index contributed by atoms with van der Waals surface area (Å²) in [6, 6.07) is -0.350. The number of amides is 1. The Morgan fingerprint density at radius 1 is 1.36 bits per heavy atom. The molecule has 0 bridgehead atoms. The fourth-order valence-electron chi connectivity index (χ4n) is 1.91. The van der Waals surface area contributed by atoms with Crippen LogP contribution in [0, 0.1) is 0 Å². The van der Waals surface area contributed by atoms with Crippen molar-refractivity contribution in [3.8, 4) is 0 Å². The summed E-state index contributed by atoms with van der Waals surface area (Å²) < 4.78 is 0. The molecule has 2 N–H and O–H groups in total. The lowest BCUT2D eigenvalue weighted by atomic mass is 10.2. The molecule has 0 spiro atoms. The SMILES string of the molecule is NC(=O)C1CN(N2CCCCC2)C=N1. The van der Waals surface area contributed by atoms with Gasteiger partial charge in [-0.1, -0.05) is 6.42 Å². The molecule has 1 fully saturated rings. The molecular formula is C9H16N4O. The first-order valence-corrected chi connectivity index (χ1v) is 5.11. The molecule has 1 amide bonds. The van der Waals surface area contributed by atoms with Gasteiger partial charge in [-0.3, -0.25) is 14.8 Å². The van der Waals surface area contributed by atoms with Gasteiger partial charge < -0.3 is 5.73 Å². The number of primary amides is 1. The molecule has 0 saturated carbocycles. The molecule has 2 heterocycles. The molecule has 2 rings (SSSR count). The first-order valence-electron chi connectivity index (χ1n) is 5.11. The molecule has 0 aromatic rings. The van der Waals surface area contributed by atoms with Crippen molar-refractivity contribution in [2.24, 2.45) is 10.7 Å². The summed E-state index contributed by atoms with van der Waals surface area (Å²) in [5, 5.41) is 4.27. The molecule has 1 saturated heterocycles. The quantitative estimate of drug-likeness (QED) is 0.652. The minimum absolute atomic E-state index is 0.333. The van der Waals surface area contributed by atoms with Gasteiger partial charge in [0.25, 0.3) is 0 Å².